The van der Waals surface area contributed by atoms with Gasteiger partial charge in [0, 0.05) is 5.02 Å². The molecule has 2 aromatic carbocycles. The van der Waals surface area contributed by atoms with Crippen LogP contribution in [0.3, 0.4) is 0 Å². The maximum absolute atomic E-state index is 6.34. The van der Waals surface area contributed by atoms with Crippen molar-refractivity contribution in [2.45, 2.75) is 26.8 Å². The van der Waals surface area contributed by atoms with Crippen LogP contribution in [0.25, 0.3) is 0 Å². The van der Waals surface area contributed by atoms with Crippen LogP contribution >= 0.6 is 11.6 Å². The van der Waals surface area contributed by atoms with Crippen LogP contribution in [0.2, 0.25) is 5.02 Å². The van der Waals surface area contributed by atoms with Gasteiger partial charge in [0.05, 0.1) is 6.04 Å². The molecule has 0 saturated heterocycles. The van der Waals surface area contributed by atoms with Crippen LogP contribution in [0.5, 0.6) is 0 Å². The van der Waals surface area contributed by atoms with Crippen LogP contribution in [0.15, 0.2) is 36.4 Å². The highest BCUT2D eigenvalue weighted by Crippen LogP contribution is 2.26. The molecule has 1 atom stereocenters. The van der Waals surface area contributed by atoms with Gasteiger partial charge in [0.1, 0.15) is 0 Å². The van der Waals surface area contributed by atoms with Gasteiger partial charge >= 0.3 is 0 Å². The maximum atomic E-state index is 6.34. The van der Waals surface area contributed by atoms with Gasteiger partial charge < -0.3 is 5.73 Å². The molecule has 0 spiro atoms. The second-order valence-corrected chi connectivity index (χ2v) is 5.26. The second kappa shape index (κ2) is 5.13. The van der Waals surface area contributed by atoms with E-state index in [9.17, 15) is 0 Å². The van der Waals surface area contributed by atoms with Crippen LogP contribution in [-0.2, 0) is 0 Å². The van der Waals surface area contributed by atoms with Crippen LogP contribution in [0.4, 0.5) is 0 Å². The average molecular weight is 260 g/mol. The van der Waals surface area contributed by atoms with E-state index in [4.69, 9.17) is 17.3 Å². The van der Waals surface area contributed by atoms with Gasteiger partial charge in [-0.2, -0.15) is 0 Å². The Hall–Kier alpha value is -1.31. The van der Waals surface area contributed by atoms with Crippen LogP contribution in [-0.4, -0.2) is 0 Å². The summed E-state index contributed by atoms with van der Waals surface area (Å²) in [5.41, 5.74) is 12.3. The lowest BCUT2D eigenvalue weighted by Crippen LogP contribution is -2.13. The summed E-state index contributed by atoms with van der Waals surface area (Å²) in [4.78, 5) is 0. The Labute approximate surface area is 114 Å². The molecule has 2 heteroatoms. The Balaban J connectivity index is 2.41. The summed E-state index contributed by atoms with van der Waals surface area (Å²) in [5, 5.41) is 0.753. The fourth-order valence-corrected chi connectivity index (χ4v) is 2.35. The van der Waals surface area contributed by atoms with Gasteiger partial charge in [-0.05, 0) is 60.7 Å². The second-order valence-electron chi connectivity index (χ2n) is 4.82. The molecule has 0 bridgehead atoms. The van der Waals surface area contributed by atoms with E-state index in [1.54, 1.807) is 0 Å². The molecule has 1 nitrogen and oxygen atoms in total. The Bertz CT molecular complexity index is 575. The van der Waals surface area contributed by atoms with Crippen LogP contribution in [0.1, 0.15) is 33.9 Å². The summed E-state index contributed by atoms with van der Waals surface area (Å²) in [6.07, 6.45) is 0. The van der Waals surface area contributed by atoms with Gasteiger partial charge in [-0.1, -0.05) is 35.9 Å². The van der Waals surface area contributed by atoms with Crippen molar-refractivity contribution in [3.8, 4) is 0 Å². The quantitative estimate of drug-likeness (QED) is 0.854. The molecule has 0 radical (unpaired) electrons. The molecule has 0 saturated carbocycles. The summed E-state index contributed by atoms with van der Waals surface area (Å²) in [6.45, 7) is 6.26. The van der Waals surface area contributed by atoms with Gasteiger partial charge in [0.25, 0.3) is 0 Å². The van der Waals surface area contributed by atoms with Crippen molar-refractivity contribution in [3.63, 3.8) is 0 Å². The fourth-order valence-electron chi connectivity index (χ4n) is 2.13. The smallest absolute Gasteiger partial charge is 0.0554 e. The lowest BCUT2D eigenvalue weighted by atomic mass is 9.94. The van der Waals surface area contributed by atoms with Crippen molar-refractivity contribution in [1.29, 1.82) is 0 Å². The molecular weight excluding hydrogens is 242 g/mol. The monoisotopic (exact) mass is 259 g/mol. The molecule has 2 aromatic rings. The summed E-state index contributed by atoms with van der Waals surface area (Å²) >= 11 is 5.97. The first-order chi connectivity index (χ1) is 8.49. The third-order valence-electron chi connectivity index (χ3n) is 3.46. The van der Waals surface area contributed by atoms with Gasteiger partial charge in [-0.25, -0.2) is 0 Å². The normalized spacial score (nSPS) is 12.5. The third kappa shape index (κ3) is 2.58. The highest BCUT2D eigenvalue weighted by atomic mass is 35.5. The summed E-state index contributed by atoms with van der Waals surface area (Å²) < 4.78 is 0. The molecule has 0 aliphatic heterocycles. The highest BCUT2D eigenvalue weighted by Gasteiger charge is 2.12. The summed E-state index contributed by atoms with van der Waals surface area (Å²) in [6, 6.07) is 12.1. The number of halogens is 1. The minimum Gasteiger partial charge on any atom is -0.320 e. The third-order valence-corrected chi connectivity index (χ3v) is 3.69. The maximum Gasteiger partial charge on any atom is 0.0554 e. The SMILES string of the molecule is Cc1ccc(C(N)c2ccc(Cl)cc2C)cc1C. The molecule has 0 aliphatic carbocycles. The standard InChI is InChI=1S/C16H18ClN/c1-10-4-5-13(8-11(10)2)16(18)15-7-6-14(17)9-12(15)3/h4-9,16H,18H2,1-3H3. The Morgan fingerprint density at radius 1 is 0.889 bits per heavy atom. The highest BCUT2D eigenvalue weighted by molar-refractivity contribution is 6.30. The summed E-state index contributed by atoms with van der Waals surface area (Å²) in [7, 11) is 0. The molecular formula is C16H18ClN. The molecule has 1 unspecified atom stereocenters. The first-order valence-electron chi connectivity index (χ1n) is 6.08. The van der Waals surface area contributed by atoms with Crippen molar-refractivity contribution in [2.24, 2.45) is 5.73 Å². The number of nitrogens with two attached hydrogens (primary N) is 1. The lowest BCUT2D eigenvalue weighted by Gasteiger charge is -2.16. The zero-order valence-corrected chi connectivity index (χ0v) is 11.8. The van der Waals surface area contributed by atoms with E-state index in [1.807, 2.05) is 25.1 Å². The van der Waals surface area contributed by atoms with E-state index in [0.29, 0.717) is 0 Å². The Morgan fingerprint density at radius 2 is 1.61 bits per heavy atom. The van der Waals surface area contributed by atoms with E-state index in [-0.39, 0.29) is 6.04 Å². The molecule has 0 aliphatic rings. The summed E-state index contributed by atoms with van der Waals surface area (Å²) in [5.74, 6) is 0. The molecule has 94 valence electrons. The first-order valence-corrected chi connectivity index (χ1v) is 6.45. The number of hydrogen-bond acceptors (Lipinski definition) is 1. The average Bonchev–Trinajstić information content (AvgIpc) is 2.32. The molecule has 2 N–H and O–H groups in total. The number of rotatable bonds is 2. The molecule has 2 rings (SSSR count). The van der Waals surface area contributed by atoms with E-state index >= 15 is 0 Å². The molecule has 0 fully saturated rings. The minimum atomic E-state index is -0.0958. The van der Waals surface area contributed by atoms with E-state index in [2.05, 4.69) is 32.0 Å². The number of hydrogen-bond donors (Lipinski definition) is 1. The Morgan fingerprint density at radius 3 is 2.22 bits per heavy atom. The number of aryl methyl sites for hydroxylation is 3. The van der Waals surface area contributed by atoms with Gasteiger partial charge in [-0.15, -0.1) is 0 Å². The molecule has 0 aromatic heterocycles. The van der Waals surface area contributed by atoms with E-state index in [1.165, 1.54) is 11.1 Å². The van der Waals surface area contributed by atoms with E-state index < -0.39 is 0 Å². The van der Waals surface area contributed by atoms with Crippen molar-refractivity contribution < 1.29 is 0 Å². The molecule has 0 heterocycles. The van der Waals surface area contributed by atoms with Crippen molar-refractivity contribution in [1.82, 2.24) is 0 Å². The predicted octanol–water partition coefficient (Wildman–Crippen LogP) is 4.31. The zero-order valence-electron chi connectivity index (χ0n) is 11.0. The van der Waals surface area contributed by atoms with E-state index in [0.717, 1.165) is 21.7 Å². The molecule has 18 heavy (non-hydrogen) atoms. The fraction of sp³-hybridized carbons (Fsp3) is 0.250. The van der Waals surface area contributed by atoms with Crippen LogP contribution < -0.4 is 5.73 Å². The Kier molecular flexibility index (Phi) is 3.74. The van der Waals surface area contributed by atoms with Crippen LogP contribution in [0, 0.1) is 20.8 Å². The van der Waals surface area contributed by atoms with Gasteiger partial charge in [0.15, 0.2) is 0 Å². The minimum absolute atomic E-state index is 0.0958. The first kappa shape index (κ1) is 13.1. The topological polar surface area (TPSA) is 26.0 Å². The lowest BCUT2D eigenvalue weighted by molar-refractivity contribution is 0.859. The van der Waals surface area contributed by atoms with Crippen molar-refractivity contribution >= 4 is 11.6 Å². The zero-order chi connectivity index (χ0) is 13.3. The predicted molar refractivity (Wildman–Crippen MR) is 78.1 cm³/mol. The largest absolute Gasteiger partial charge is 0.320 e. The number of benzene rings is 2. The van der Waals surface area contributed by atoms with Gasteiger partial charge in [-0.3, -0.25) is 0 Å². The van der Waals surface area contributed by atoms with Crippen molar-refractivity contribution in [2.75, 3.05) is 0 Å². The van der Waals surface area contributed by atoms with Gasteiger partial charge in [0.2, 0.25) is 0 Å². The molecule has 0 amide bonds. The van der Waals surface area contributed by atoms with Crippen molar-refractivity contribution in [3.05, 3.63) is 69.2 Å².